The Morgan fingerprint density at radius 3 is 2.62 bits per heavy atom. The van der Waals surface area contributed by atoms with Crippen LogP contribution in [0, 0.1) is 5.82 Å². The van der Waals surface area contributed by atoms with Crippen LogP contribution in [-0.2, 0) is 10.5 Å². The molecular formula is C34H30FN3O7S2. The lowest BCUT2D eigenvalue weighted by Gasteiger charge is -2.24. The van der Waals surface area contributed by atoms with Crippen molar-refractivity contribution in [2.75, 3.05) is 25.7 Å². The van der Waals surface area contributed by atoms with E-state index in [4.69, 9.17) is 18.6 Å². The van der Waals surface area contributed by atoms with Crippen molar-refractivity contribution in [2.24, 2.45) is 0 Å². The van der Waals surface area contributed by atoms with Gasteiger partial charge in [0.25, 0.3) is 5.91 Å². The highest BCUT2D eigenvalue weighted by molar-refractivity contribution is 8.00. The number of amides is 1. The van der Waals surface area contributed by atoms with E-state index in [1.807, 2.05) is 0 Å². The molecule has 0 fully saturated rings. The minimum Gasteiger partial charge on any atom is -0.503 e. The number of anilines is 1. The Hall–Kier alpha value is -4.88. The highest BCUT2D eigenvalue weighted by Crippen LogP contribution is 2.46. The van der Waals surface area contributed by atoms with E-state index in [0.29, 0.717) is 50.3 Å². The number of ketones is 1. The molecule has 0 saturated heterocycles. The summed E-state index contributed by atoms with van der Waals surface area (Å²) in [5, 5.41) is 20.5. The van der Waals surface area contributed by atoms with Gasteiger partial charge in [-0.05, 0) is 47.9 Å². The van der Waals surface area contributed by atoms with Gasteiger partial charge in [0.15, 0.2) is 38.7 Å². The highest BCUT2D eigenvalue weighted by Gasteiger charge is 2.47. The molecule has 1 aliphatic rings. The summed E-state index contributed by atoms with van der Waals surface area (Å²) in [6.07, 6.45) is 1.80. The van der Waals surface area contributed by atoms with Gasteiger partial charge < -0.3 is 23.7 Å². The van der Waals surface area contributed by atoms with Gasteiger partial charge in [0, 0.05) is 11.1 Å². The fourth-order valence-electron chi connectivity index (χ4n) is 5.20. The van der Waals surface area contributed by atoms with Gasteiger partial charge in [0.2, 0.25) is 10.9 Å². The molecule has 3 heterocycles. The summed E-state index contributed by atoms with van der Waals surface area (Å²) in [5.74, 6) is -1.10. The molecule has 5 aromatic rings. The SMILES string of the molecule is CCCCOc1ccc(C2C(C(=O)c3cc4cccc(OC)c4o3)=C(O)C(=O)N2c2nnc(SCc3ccccc3F)s2)cc1OC. The third kappa shape index (κ3) is 6.28. The maximum absolute atomic E-state index is 14.2. The second-order valence-electron chi connectivity index (χ2n) is 10.5. The molecule has 6 rings (SSSR count). The van der Waals surface area contributed by atoms with E-state index < -0.39 is 23.5 Å². The first-order valence-electron chi connectivity index (χ1n) is 14.7. The van der Waals surface area contributed by atoms with Crippen molar-refractivity contribution < 1.29 is 37.7 Å². The molecule has 3 aromatic carbocycles. The van der Waals surface area contributed by atoms with Gasteiger partial charge in [-0.15, -0.1) is 10.2 Å². The summed E-state index contributed by atoms with van der Waals surface area (Å²) in [6, 6.07) is 17.1. The average Bonchev–Trinajstić information content (AvgIpc) is 3.80. The summed E-state index contributed by atoms with van der Waals surface area (Å²) < 4.78 is 37.5. The molecule has 0 aliphatic carbocycles. The number of halogens is 1. The number of hydrogen-bond donors (Lipinski definition) is 1. The van der Waals surface area contributed by atoms with Crippen molar-refractivity contribution in [1.82, 2.24) is 10.2 Å². The number of nitrogens with zero attached hydrogens (tertiary/aromatic N) is 3. The number of aliphatic hydroxyl groups is 1. The molecular weight excluding hydrogens is 646 g/mol. The quantitative estimate of drug-likeness (QED) is 0.0575. The van der Waals surface area contributed by atoms with Crippen LogP contribution in [0.5, 0.6) is 17.2 Å². The fourth-order valence-corrected chi connectivity index (χ4v) is 7.06. The lowest BCUT2D eigenvalue weighted by Crippen LogP contribution is -2.31. The monoisotopic (exact) mass is 675 g/mol. The standard InChI is InChI=1S/C34H30FN3O7S2/c1-4-5-15-44-23-14-13-19(16-25(23)43-3)28-27(29(39)26-17-20-10-8-12-24(42-2)31(20)45-26)30(40)32(41)38(28)33-36-37-34(47-33)46-18-21-9-6-7-11-22(21)35/h6-14,16-17,28,40H,4-5,15,18H2,1-3H3. The molecule has 0 saturated carbocycles. The highest BCUT2D eigenvalue weighted by atomic mass is 32.2. The molecule has 1 atom stereocenters. The minimum atomic E-state index is -1.12. The Morgan fingerprint density at radius 2 is 1.85 bits per heavy atom. The zero-order valence-corrected chi connectivity index (χ0v) is 27.3. The number of unbranched alkanes of at least 4 members (excludes halogenated alkanes) is 1. The molecule has 1 amide bonds. The number of benzene rings is 3. The Labute approximate surface area is 277 Å². The molecule has 47 heavy (non-hydrogen) atoms. The first kappa shape index (κ1) is 32.1. The van der Waals surface area contributed by atoms with Crippen molar-refractivity contribution in [2.45, 2.75) is 35.9 Å². The average molecular weight is 676 g/mol. The van der Waals surface area contributed by atoms with Crippen molar-refractivity contribution in [3.05, 3.63) is 101 Å². The second-order valence-corrected chi connectivity index (χ2v) is 12.7. The van der Waals surface area contributed by atoms with E-state index in [0.717, 1.165) is 24.2 Å². The van der Waals surface area contributed by atoms with Gasteiger partial charge >= 0.3 is 0 Å². The number of carbonyl (C=O) groups is 2. The van der Waals surface area contributed by atoms with Gasteiger partial charge in [-0.3, -0.25) is 14.5 Å². The van der Waals surface area contributed by atoms with E-state index in [2.05, 4.69) is 17.1 Å². The molecule has 2 aromatic heterocycles. The number of ether oxygens (including phenoxy) is 3. The zero-order chi connectivity index (χ0) is 33.1. The van der Waals surface area contributed by atoms with Crippen LogP contribution in [0.15, 0.2) is 86.8 Å². The molecule has 0 spiro atoms. The van der Waals surface area contributed by atoms with Crippen molar-refractivity contribution >= 4 is 50.9 Å². The van der Waals surface area contributed by atoms with Crippen LogP contribution in [0.2, 0.25) is 0 Å². The third-order valence-electron chi connectivity index (χ3n) is 7.57. The van der Waals surface area contributed by atoms with Crippen LogP contribution < -0.4 is 19.1 Å². The van der Waals surface area contributed by atoms with E-state index >= 15 is 0 Å². The summed E-state index contributed by atoms with van der Waals surface area (Å²) in [7, 11) is 2.99. The Balaban J connectivity index is 1.40. The van der Waals surface area contributed by atoms with Crippen molar-refractivity contribution in [3.63, 3.8) is 0 Å². The predicted octanol–water partition coefficient (Wildman–Crippen LogP) is 7.69. The zero-order valence-electron chi connectivity index (χ0n) is 25.7. The maximum Gasteiger partial charge on any atom is 0.296 e. The Bertz CT molecular complexity index is 1990. The van der Waals surface area contributed by atoms with Gasteiger partial charge in [-0.25, -0.2) is 4.39 Å². The molecule has 242 valence electrons. The maximum atomic E-state index is 14.2. The van der Waals surface area contributed by atoms with Gasteiger partial charge in [0.1, 0.15) is 5.82 Å². The number of Topliss-reactive ketones (excluding diaryl/α,β-unsaturated/α-hetero) is 1. The number of thioether (sulfide) groups is 1. The normalized spacial score (nSPS) is 14.7. The van der Waals surface area contributed by atoms with Gasteiger partial charge in [0.05, 0.1) is 32.4 Å². The van der Waals surface area contributed by atoms with Crippen LogP contribution in [-0.4, -0.2) is 47.8 Å². The number of hydrogen-bond acceptors (Lipinski definition) is 11. The summed E-state index contributed by atoms with van der Waals surface area (Å²) in [4.78, 5) is 29.2. The third-order valence-corrected chi connectivity index (χ3v) is 9.68. The number of fused-ring (bicyclic) bond motifs is 1. The van der Waals surface area contributed by atoms with Crippen LogP contribution >= 0.6 is 23.1 Å². The minimum absolute atomic E-state index is 0.0874. The number of furan rings is 1. The number of carbonyl (C=O) groups excluding carboxylic acids is 2. The fraction of sp³-hybridized carbons (Fsp3) is 0.235. The molecule has 13 heteroatoms. The number of rotatable bonds is 13. The van der Waals surface area contributed by atoms with E-state index in [1.54, 1.807) is 60.7 Å². The number of para-hydroxylation sites is 1. The van der Waals surface area contributed by atoms with E-state index in [1.165, 1.54) is 36.9 Å². The summed E-state index contributed by atoms with van der Waals surface area (Å²) in [6.45, 7) is 2.54. The van der Waals surface area contributed by atoms with Gasteiger partial charge in [-0.2, -0.15) is 0 Å². The summed E-state index contributed by atoms with van der Waals surface area (Å²) >= 11 is 2.34. The summed E-state index contributed by atoms with van der Waals surface area (Å²) in [5.41, 5.74) is 1.10. The predicted molar refractivity (Wildman–Crippen MR) is 176 cm³/mol. The smallest absolute Gasteiger partial charge is 0.296 e. The van der Waals surface area contributed by atoms with Crippen molar-refractivity contribution in [1.29, 1.82) is 0 Å². The lowest BCUT2D eigenvalue weighted by molar-refractivity contribution is -0.117. The van der Waals surface area contributed by atoms with Gasteiger partial charge in [-0.1, -0.05) is 72.8 Å². The Kier molecular flexibility index (Phi) is 9.45. The van der Waals surface area contributed by atoms with E-state index in [-0.39, 0.29) is 28.0 Å². The molecule has 10 nitrogen and oxygen atoms in total. The van der Waals surface area contributed by atoms with E-state index in [9.17, 15) is 19.1 Å². The Morgan fingerprint density at radius 1 is 1.04 bits per heavy atom. The van der Waals surface area contributed by atoms with Crippen molar-refractivity contribution in [3.8, 4) is 17.2 Å². The number of methoxy groups -OCH3 is 2. The van der Waals surface area contributed by atoms with Crippen LogP contribution in [0.3, 0.4) is 0 Å². The topological polar surface area (TPSA) is 124 Å². The second kappa shape index (κ2) is 13.9. The van der Waals surface area contributed by atoms with Crippen LogP contribution in [0.4, 0.5) is 9.52 Å². The first-order valence-corrected chi connectivity index (χ1v) is 16.5. The van der Waals surface area contributed by atoms with Crippen LogP contribution in [0.1, 0.15) is 47.5 Å². The molecule has 1 unspecified atom stereocenters. The molecule has 1 N–H and O–H groups in total. The first-order chi connectivity index (χ1) is 22.8. The number of aromatic nitrogens is 2. The lowest BCUT2D eigenvalue weighted by atomic mass is 9.95. The van der Waals surface area contributed by atoms with Crippen LogP contribution in [0.25, 0.3) is 11.0 Å². The number of aliphatic hydroxyl groups excluding tert-OH is 1. The molecule has 1 aliphatic heterocycles. The molecule has 0 bridgehead atoms. The molecule has 0 radical (unpaired) electrons. The largest absolute Gasteiger partial charge is 0.503 e.